The largest absolute Gasteiger partial charge is 0.471 e. The van der Waals surface area contributed by atoms with Crippen LogP contribution in [0.2, 0.25) is 15.1 Å². The van der Waals surface area contributed by atoms with Crippen molar-refractivity contribution in [2.75, 3.05) is 6.54 Å². The molecule has 2 aromatic rings. The molecule has 0 aliphatic heterocycles. The van der Waals surface area contributed by atoms with Crippen LogP contribution in [0.15, 0.2) is 36.4 Å². The van der Waals surface area contributed by atoms with Crippen LogP contribution >= 0.6 is 34.8 Å². The summed E-state index contributed by atoms with van der Waals surface area (Å²) in [5.74, 6) is -6.01. The van der Waals surface area contributed by atoms with E-state index in [2.05, 4.69) is 5.32 Å². The molecule has 0 radical (unpaired) electrons. The first-order valence-corrected chi connectivity index (χ1v) is 11.9. The van der Waals surface area contributed by atoms with Gasteiger partial charge in [0.15, 0.2) is 0 Å². The van der Waals surface area contributed by atoms with Crippen LogP contribution < -0.4 is 10.6 Å². The van der Waals surface area contributed by atoms with Crippen molar-refractivity contribution >= 4 is 52.7 Å². The zero-order valence-electron chi connectivity index (χ0n) is 20.2. The van der Waals surface area contributed by atoms with Gasteiger partial charge in [-0.05, 0) is 49.2 Å². The number of benzene rings is 2. The summed E-state index contributed by atoms with van der Waals surface area (Å²) in [6, 6.07) is 3.88. The third-order valence-electron chi connectivity index (χ3n) is 5.19. The molecule has 0 saturated heterocycles. The van der Waals surface area contributed by atoms with Crippen molar-refractivity contribution in [2.24, 2.45) is 0 Å². The van der Waals surface area contributed by atoms with E-state index in [0.29, 0.717) is 18.2 Å². The summed E-state index contributed by atoms with van der Waals surface area (Å²) in [6.45, 7) is 1.52. The molecule has 0 aliphatic rings. The molecule has 16 heteroatoms. The van der Waals surface area contributed by atoms with Crippen molar-refractivity contribution in [3.63, 3.8) is 0 Å². The molecule has 40 heavy (non-hydrogen) atoms. The minimum absolute atomic E-state index is 0.188. The summed E-state index contributed by atoms with van der Waals surface area (Å²) in [5, 5.41) is 2.87. The van der Waals surface area contributed by atoms with Gasteiger partial charge in [0.25, 0.3) is 5.91 Å². The maximum absolute atomic E-state index is 13.8. The Balaban J connectivity index is 2.39. The average molecular weight is 644 g/mol. The predicted molar refractivity (Wildman–Crippen MR) is 131 cm³/mol. The molecule has 0 fully saturated rings. The molecule has 2 aromatic carbocycles. The Hall–Kier alpha value is -2.64. The fraction of sp³-hybridized carbons (Fsp3) is 0.333. The minimum atomic E-state index is -5.22. The zero-order chi connectivity index (χ0) is 30.8. The first-order chi connectivity index (χ1) is 18.0. The van der Waals surface area contributed by atoms with Crippen LogP contribution in [0.4, 0.5) is 39.5 Å². The van der Waals surface area contributed by atoms with Crippen LogP contribution in [0, 0.1) is 0 Å². The van der Waals surface area contributed by atoms with Crippen LogP contribution in [0.25, 0.3) is 6.08 Å². The molecule has 0 heterocycles. The topological polar surface area (TPSA) is 58.2 Å². The Morgan fingerprint density at radius 3 is 1.93 bits per heavy atom. The second-order valence-corrected chi connectivity index (χ2v) is 10.2. The predicted octanol–water partition coefficient (Wildman–Crippen LogP) is 8.21. The SMILES string of the molecule is CC(C)(CNC(=O)C(F)(F)F)NC(=O)c1ccc(C=CC(c2cc(Cl)c(Cl)c(Cl)c2)C(F)(F)F)cc1C(F)(F)F. The van der Waals surface area contributed by atoms with Gasteiger partial charge in [-0.1, -0.05) is 53.0 Å². The van der Waals surface area contributed by atoms with Crippen LogP contribution in [0.3, 0.4) is 0 Å². The van der Waals surface area contributed by atoms with E-state index in [-0.39, 0.29) is 20.6 Å². The molecule has 4 nitrogen and oxygen atoms in total. The lowest BCUT2D eigenvalue weighted by Crippen LogP contribution is -2.53. The Kier molecular flexibility index (Phi) is 10.1. The lowest BCUT2D eigenvalue weighted by Gasteiger charge is -2.27. The normalized spacial score (nSPS) is 13.8. The minimum Gasteiger partial charge on any atom is -0.346 e. The number of rotatable bonds is 7. The molecular formula is C24H18Cl3F9N2O2. The molecule has 1 unspecified atom stereocenters. The molecule has 2 amide bonds. The summed E-state index contributed by atoms with van der Waals surface area (Å²) < 4.78 is 120. The number of hydrogen-bond acceptors (Lipinski definition) is 2. The number of nitrogens with one attached hydrogen (secondary N) is 2. The molecule has 0 saturated carbocycles. The molecule has 220 valence electrons. The smallest absolute Gasteiger partial charge is 0.346 e. The number of carbonyl (C=O) groups excluding carboxylic acids is 2. The highest BCUT2D eigenvalue weighted by Gasteiger charge is 2.41. The van der Waals surface area contributed by atoms with Crippen LogP contribution in [-0.2, 0) is 11.0 Å². The van der Waals surface area contributed by atoms with E-state index in [1.807, 2.05) is 0 Å². The molecular weight excluding hydrogens is 626 g/mol. The van der Waals surface area contributed by atoms with Gasteiger partial charge in [0, 0.05) is 6.54 Å². The van der Waals surface area contributed by atoms with Crippen molar-refractivity contribution in [3.05, 3.63) is 73.7 Å². The van der Waals surface area contributed by atoms with Crippen molar-refractivity contribution in [3.8, 4) is 0 Å². The summed E-state index contributed by atoms with van der Waals surface area (Å²) in [5.41, 5.74) is -4.90. The maximum atomic E-state index is 13.8. The summed E-state index contributed by atoms with van der Waals surface area (Å²) in [7, 11) is 0. The summed E-state index contributed by atoms with van der Waals surface area (Å²) in [4.78, 5) is 23.6. The van der Waals surface area contributed by atoms with Crippen LogP contribution in [-0.4, -0.2) is 36.3 Å². The van der Waals surface area contributed by atoms with Crippen LogP contribution in [0.5, 0.6) is 0 Å². The fourth-order valence-corrected chi connectivity index (χ4v) is 3.90. The van der Waals surface area contributed by atoms with Gasteiger partial charge in [-0.25, -0.2) is 0 Å². The highest BCUT2D eigenvalue weighted by Crippen LogP contribution is 2.41. The second kappa shape index (κ2) is 12.1. The number of carbonyl (C=O) groups is 2. The third kappa shape index (κ3) is 8.93. The lowest BCUT2D eigenvalue weighted by atomic mass is 9.95. The fourth-order valence-electron chi connectivity index (χ4n) is 3.29. The van der Waals surface area contributed by atoms with Gasteiger partial charge >= 0.3 is 24.4 Å². The van der Waals surface area contributed by atoms with Crippen molar-refractivity contribution in [1.29, 1.82) is 0 Å². The quantitative estimate of drug-likeness (QED) is 0.236. The summed E-state index contributed by atoms with van der Waals surface area (Å²) >= 11 is 17.4. The van der Waals surface area contributed by atoms with Gasteiger partial charge in [-0.15, -0.1) is 0 Å². The zero-order valence-corrected chi connectivity index (χ0v) is 22.4. The maximum Gasteiger partial charge on any atom is 0.471 e. The third-order valence-corrected chi connectivity index (χ3v) is 6.39. The lowest BCUT2D eigenvalue weighted by molar-refractivity contribution is -0.173. The highest BCUT2D eigenvalue weighted by atomic mass is 35.5. The molecule has 0 aliphatic carbocycles. The van der Waals surface area contributed by atoms with E-state index < -0.39 is 65.0 Å². The van der Waals surface area contributed by atoms with E-state index in [4.69, 9.17) is 34.8 Å². The first-order valence-electron chi connectivity index (χ1n) is 10.8. The van der Waals surface area contributed by atoms with Gasteiger partial charge in [-0.2, -0.15) is 39.5 Å². The highest BCUT2D eigenvalue weighted by molar-refractivity contribution is 6.48. The van der Waals surface area contributed by atoms with Crippen molar-refractivity contribution in [1.82, 2.24) is 10.6 Å². The first kappa shape index (κ1) is 33.6. The molecule has 0 aromatic heterocycles. The molecule has 0 bridgehead atoms. The average Bonchev–Trinajstić information content (AvgIpc) is 2.78. The van der Waals surface area contributed by atoms with Crippen molar-refractivity contribution < 1.29 is 49.1 Å². The number of allylic oxidation sites excluding steroid dienone is 1. The summed E-state index contributed by atoms with van der Waals surface area (Å²) in [6.07, 6.45) is -14.0. The number of halogens is 12. The molecule has 2 N–H and O–H groups in total. The van der Waals surface area contributed by atoms with E-state index in [1.165, 1.54) is 5.32 Å². The second-order valence-electron chi connectivity index (χ2n) is 9.00. The van der Waals surface area contributed by atoms with Gasteiger partial charge in [0.1, 0.15) is 0 Å². The van der Waals surface area contributed by atoms with E-state index >= 15 is 0 Å². The molecule has 2 rings (SSSR count). The molecule has 0 spiro atoms. The van der Waals surface area contributed by atoms with E-state index in [1.54, 1.807) is 0 Å². The monoisotopic (exact) mass is 642 g/mol. The van der Waals surface area contributed by atoms with E-state index in [0.717, 1.165) is 38.1 Å². The number of alkyl halides is 9. The van der Waals surface area contributed by atoms with Gasteiger partial charge in [-0.3, -0.25) is 9.59 Å². The van der Waals surface area contributed by atoms with Gasteiger partial charge in [0.2, 0.25) is 0 Å². The van der Waals surface area contributed by atoms with E-state index in [9.17, 15) is 49.1 Å². The standard InChI is InChI=1S/C24H18Cl3F9N2O2/c1-21(2,10-37-20(40)24(34,35)36)38-19(39)13-5-3-11(7-15(13)23(31,32)33)4-6-14(22(28,29)30)12-8-16(25)18(27)17(26)9-12/h3-9,14H,10H2,1-2H3,(H,37,40)(H,38,39). The molecule has 1 atom stereocenters. The number of hydrogen-bond donors (Lipinski definition) is 2. The Labute approximate surface area is 236 Å². The number of amides is 2. The Morgan fingerprint density at radius 1 is 0.900 bits per heavy atom. The Bertz CT molecular complexity index is 1280. The Morgan fingerprint density at radius 2 is 1.45 bits per heavy atom. The van der Waals surface area contributed by atoms with Gasteiger partial charge in [0.05, 0.1) is 37.7 Å². The van der Waals surface area contributed by atoms with Gasteiger partial charge < -0.3 is 10.6 Å². The van der Waals surface area contributed by atoms with Crippen molar-refractivity contribution in [2.45, 2.75) is 43.8 Å². The van der Waals surface area contributed by atoms with Crippen LogP contribution in [0.1, 0.15) is 46.8 Å².